The molecule has 1 spiro atoms. The average molecular weight is 261 g/mol. The van der Waals surface area contributed by atoms with E-state index < -0.39 is 0 Å². The Morgan fingerprint density at radius 2 is 2.05 bits per heavy atom. The van der Waals surface area contributed by atoms with Crippen molar-refractivity contribution >= 4 is 0 Å². The first-order valence-corrected chi connectivity index (χ1v) is 7.15. The van der Waals surface area contributed by atoms with Crippen molar-refractivity contribution < 1.29 is 9.47 Å². The van der Waals surface area contributed by atoms with E-state index in [1.807, 2.05) is 18.2 Å². The molecular formula is C16H23NO2. The predicted molar refractivity (Wildman–Crippen MR) is 75.5 cm³/mol. The summed E-state index contributed by atoms with van der Waals surface area (Å²) in [6, 6.07) is 6.01. The van der Waals surface area contributed by atoms with Gasteiger partial charge in [-0.05, 0) is 42.9 Å². The molecule has 1 saturated carbocycles. The van der Waals surface area contributed by atoms with Crippen LogP contribution in [0.25, 0.3) is 0 Å². The molecule has 2 aliphatic rings. The molecular weight excluding hydrogens is 238 g/mol. The van der Waals surface area contributed by atoms with Crippen molar-refractivity contribution in [2.24, 2.45) is 17.6 Å². The van der Waals surface area contributed by atoms with Crippen LogP contribution in [0.3, 0.4) is 0 Å². The lowest BCUT2D eigenvalue weighted by Gasteiger charge is -2.52. The fourth-order valence-electron chi connectivity index (χ4n) is 3.44. The predicted octanol–water partition coefficient (Wildman–Crippen LogP) is 3.28. The Bertz CT molecular complexity index is 478. The van der Waals surface area contributed by atoms with Crippen LogP contribution in [-0.2, 0) is 0 Å². The van der Waals surface area contributed by atoms with Crippen LogP contribution >= 0.6 is 0 Å². The summed E-state index contributed by atoms with van der Waals surface area (Å²) >= 11 is 0. The number of rotatable bonds is 2. The normalized spacial score (nSPS) is 32.7. The number of fused-ring (bicyclic) bond motifs is 1. The van der Waals surface area contributed by atoms with Crippen LogP contribution in [0.1, 0.15) is 44.7 Å². The summed E-state index contributed by atoms with van der Waals surface area (Å²) in [6.07, 6.45) is 3.21. The van der Waals surface area contributed by atoms with E-state index in [0.717, 1.165) is 48.2 Å². The minimum atomic E-state index is -0.00403. The summed E-state index contributed by atoms with van der Waals surface area (Å²) in [7, 11) is 1.68. The van der Waals surface area contributed by atoms with Crippen molar-refractivity contribution in [3.8, 4) is 11.5 Å². The second-order valence-corrected chi connectivity index (χ2v) is 6.41. The van der Waals surface area contributed by atoms with Crippen LogP contribution in [0.5, 0.6) is 11.5 Å². The second-order valence-electron chi connectivity index (χ2n) is 6.41. The molecule has 1 aliphatic carbocycles. The molecule has 0 amide bonds. The number of ether oxygens (including phenoxy) is 2. The molecule has 1 aliphatic heterocycles. The van der Waals surface area contributed by atoms with Gasteiger partial charge in [0.1, 0.15) is 17.1 Å². The Balaban J connectivity index is 1.82. The number of hydrogen-bond acceptors (Lipinski definition) is 3. The van der Waals surface area contributed by atoms with Crippen molar-refractivity contribution in [3.63, 3.8) is 0 Å². The zero-order valence-corrected chi connectivity index (χ0v) is 12.0. The smallest absolute Gasteiger partial charge is 0.125 e. The van der Waals surface area contributed by atoms with E-state index in [-0.39, 0.29) is 11.6 Å². The van der Waals surface area contributed by atoms with Crippen molar-refractivity contribution in [1.29, 1.82) is 0 Å². The fraction of sp³-hybridized carbons (Fsp3) is 0.625. The van der Waals surface area contributed by atoms with Gasteiger partial charge in [-0.15, -0.1) is 0 Å². The molecule has 1 aromatic carbocycles. The lowest BCUT2D eigenvalue weighted by atomic mass is 9.62. The third-order valence-corrected chi connectivity index (χ3v) is 4.75. The van der Waals surface area contributed by atoms with Crippen LogP contribution in [0.4, 0.5) is 0 Å². The second kappa shape index (κ2) is 4.41. The molecule has 1 fully saturated rings. The quantitative estimate of drug-likeness (QED) is 0.888. The van der Waals surface area contributed by atoms with E-state index in [0.29, 0.717) is 0 Å². The SMILES string of the molecule is COc1ccc2c(c1)C(N)CC1(CC(C(C)C)C1)O2. The first kappa shape index (κ1) is 12.8. The third-order valence-electron chi connectivity index (χ3n) is 4.75. The Morgan fingerprint density at radius 1 is 1.32 bits per heavy atom. The zero-order chi connectivity index (χ0) is 13.6. The Kier molecular flexibility index (Phi) is 2.97. The molecule has 0 radical (unpaired) electrons. The molecule has 19 heavy (non-hydrogen) atoms. The van der Waals surface area contributed by atoms with Gasteiger partial charge in [-0.2, -0.15) is 0 Å². The highest BCUT2D eigenvalue weighted by Crippen LogP contribution is 2.53. The summed E-state index contributed by atoms with van der Waals surface area (Å²) in [5.74, 6) is 3.32. The van der Waals surface area contributed by atoms with Gasteiger partial charge in [0.15, 0.2) is 0 Å². The summed E-state index contributed by atoms with van der Waals surface area (Å²) < 4.78 is 11.5. The monoisotopic (exact) mass is 261 g/mol. The summed E-state index contributed by atoms with van der Waals surface area (Å²) in [5, 5.41) is 0. The standard InChI is InChI=1S/C16H23NO2/c1-10(2)11-7-16(8-11)9-14(17)13-6-12(18-3)4-5-15(13)19-16/h4-6,10-11,14H,7-9,17H2,1-3H3. The van der Waals surface area contributed by atoms with Crippen molar-refractivity contribution in [3.05, 3.63) is 23.8 Å². The first-order chi connectivity index (χ1) is 9.03. The molecule has 3 rings (SSSR count). The van der Waals surface area contributed by atoms with Crippen molar-refractivity contribution in [1.82, 2.24) is 0 Å². The molecule has 0 aromatic heterocycles. The van der Waals surface area contributed by atoms with Crippen molar-refractivity contribution in [2.45, 2.75) is 44.8 Å². The van der Waals surface area contributed by atoms with Crippen LogP contribution in [0.15, 0.2) is 18.2 Å². The summed E-state index contributed by atoms with van der Waals surface area (Å²) in [4.78, 5) is 0. The maximum atomic E-state index is 6.34. The van der Waals surface area contributed by atoms with Gasteiger partial charge in [0.05, 0.1) is 7.11 Å². The molecule has 1 aromatic rings. The maximum Gasteiger partial charge on any atom is 0.125 e. The lowest BCUT2D eigenvalue weighted by molar-refractivity contribution is -0.0845. The van der Waals surface area contributed by atoms with E-state index in [1.165, 1.54) is 0 Å². The van der Waals surface area contributed by atoms with Crippen LogP contribution in [-0.4, -0.2) is 12.7 Å². The fourth-order valence-corrected chi connectivity index (χ4v) is 3.44. The largest absolute Gasteiger partial charge is 0.497 e. The molecule has 3 nitrogen and oxygen atoms in total. The Morgan fingerprint density at radius 3 is 2.68 bits per heavy atom. The van der Waals surface area contributed by atoms with Crippen LogP contribution in [0.2, 0.25) is 0 Å². The first-order valence-electron chi connectivity index (χ1n) is 7.15. The minimum Gasteiger partial charge on any atom is -0.497 e. The molecule has 1 heterocycles. The van der Waals surface area contributed by atoms with Crippen LogP contribution in [0, 0.1) is 11.8 Å². The van der Waals surface area contributed by atoms with E-state index in [1.54, 1.807) is 7.11 Å². The van der Waals surface area contributed by atoms with E-state index in [2.05, 4.69) is 13.8 Å². The third kappa shape index (κ3) is 2.10. The van der Waals surface area contributed by atoms with Gasteiger partial charge in [-0.1, -0.05) is 13.8 Å². The number of benzene rings is 1. The Hall–Kier alpha value is -1.22. The van der Waals surface area contributed by atoms with E-state index in [9.17, 15) is 0 Å². The highest BCUT2D eigenvalue weighted by molar-refractivity contribution is 5.44. The van der Waals surface area contributed by atoms with E-state index in [4.69, 9.17) is 15.2 Å². The summed E-state index contributed by atoms with van der Waals surface area (Å²) in [6.45, 7) is 4.58. The summed E-state index contributed by atoms with van der Waals surface area (Å²) in [5.41, 5.74) is 7.42. The van der Waals surface area contributed by atoms with Gasteiger partial charge >= 0.3 is 0 Å². The molecule has 0 bridgehead atoms. The zero-order valence-electron chi connectivity index (χ0n) is 12.0. The molecule has 1 unspecified atom stereocenters. The molecule has 3 heteroatoms. The topological polar surface area (TPSA) is 44.5 Å². The van der Waals surface area contributed by atoms with Crippen molar-refractivity contribution in [2.75, 3.05) is 7.11 Å². The maximum absolute atomic E-state index is 6.34. The highest BCUT2D eigenvalue weighted by Gasteiger charge is 2.50. The lowest BCUT2D eigenvalue weighted by Crippen LogP contribution is -2.53. The average Bonchev–Trinajstić information content (AvgIpc) is 2.35. The minimum absolute atomic E-state index is 0.00403. The van der Waals surface area contributed by atoms with Gasteiger partial charge < -0.3 is 15.2 Å². The number of methoxy groups -OCH3 is 1. The molecule has 0 saturated heterocycles. The van der Waals surface area contributed by atoms with Gasteiger partial charge in [0, 0.05) is 18.0 Å². The highest BCUT2D eigenvalue weighted by atomic mass is 16.5. The van der Waals surface area contributed by atoms with Gasteiger partial charge in [-0.3, -0.25) is 0 Å². The van der Waals surface area contributed by atoms with Gasteiger partial charge in [0.25, 0.3) is 0 Å². The van der Waals surface area contributed by atoms with Crippen LogP contribution < -0.4 is 15.2 Å². The van der Waals surface area contributed by atoms with Gasteiger partial charge in [-0.25, -0.2) is 0 Å². The Labute approximate surface area is 115 Å². The number of nitrogens with two attached hydrogens (primary N) is 1. The van der Waals surface area contributed by atoms with E-state index >= 15 is 0 Å². The molecule has 2 N–H and O–H groups in total. The molecule has 1 atom stereocenters. The molecule has 104 valence electrons. The number of hydrogen-bond donors (Lipinski definition) is 1. The van der Waals surface area contributed by atoms with Gasteiger partial charge in [0.2, 0.25) is 0 Å².